The van der Waals surface area contributed by atoms with Gasteiger partial charge in [-0.05, 0) is 112 Å². The summed E-state index contributed by atoms with van der Waals surface area (Å²) in [7, 11) is 0. The van der Waals surface area contributed by atoms with Gasteiger partial charge in [-0.3, -0.25) is 0 Å². The van der Waals surface area contributed by atoms with Gasteiger partial charge in [0.25, 0.3) is 0 Å². The minimum atomic E-state index is -0.148. The summed E-state index contributed by atoms with van der Waals surface area (Å²) in [6, 6.07) is 63.5. The van der Waals surface area contributed by atoms with E-state index in [9.17, 15) is 0 Å². The molecule has 0 spiro atoms. The van der Waals surface area contributed by atoms with Crippen molar-refractivity contribution >= 4 is 63.8 Å². The molecule has 1 heterocycles. The van der Waals surface area contributed by atoms with E-state index in [1.54, 1.807) is 0 Å². The Morgan fingerprint density at radius 3 is 1.56 bits per heavy atom. The molecule has 1 heteroatoms. The highest BCUT2D eigenvalue weighted by Crippen LogP contribution is 2.52. The van der Waals surface area contributed by atoms with E-state index in [0.717, 1.165) is 0 Å². The van der Waals surface area contributed by atoms with Crippen LogP contribution in [-0.4, -0.2) is 0 Å². The summed E-state index contributed by atoms with van der Waals surface area (Å²) in [5.41, 5.74) is 13.0. The van der Waals surface area contributed by atoms with E-state index < -0.39 is 0 Å². The van der Waals surface area contributed by atoms with Gasteiger partial charge in [-0.15, -0.1) is 11.3 Å². The second-order valence-electron chi connectivity index (χ2n) is 14.8. The Hall–Kier alpha value is -6.02. The van der Waals surface area contributed by atoms with E-state index >= 15 is 0 Å². The third-order valence-corrected chi connectivity index (χ3v) is 12.9. The molecule has 9 aromatic carbocycles. The molecule has 244 valence electrons. The van der Waals surface area contributed by atoms with Crippen molar-refractivity contribution in [1.29, 1.82) is 0 Å². The topological polar surface area (TPSA) is 0 Å². The van der Waals surface area contributed by atoms with Crippen LogP contribution in [0, 0.1) is 0 Å². The molecule has 0 saturated carbocycles. The summed E-state index contributed by atoms with van der Waals surface area (Å²) in [6.07, 6.45) is 0. The van der Waals surface area contributed by atoms with E-state index in [2.05, 4.69) is 184 Å². The maximum Gasteiger partial charge on any atom is 0.0433 e. The molecule has 0 radical (unpaired) electrons. The molecule has 11 rings (SSSR count). The van der Waals surface area contributed by atoms with Gasteiger partial charge in [0.05, 0.1) is 0 Å². The number of benzene rings is 9. The lowest BCUT2D eigenvalue weighted by Gasteiger charge is -2.23. The van der Waals surface area contributed by atoms with E-state index in [-0.39, 0.29) is 5.41 Å². The second kappa shape index (κ2) is 11.0. The van der Waals surface area contributed by atoms with Gasteiger partial charge in [0.15, 0.2) is 0 Å². The third-order valence-electron chi connectivity index (χ3n) is 11.7. The Balaban J connectivity index is 1.05. The summed E-state index contributed by atoms with van der Waals surface area (Å²) in [5, 5.41) is 10.5. The second-order valence-corrected chi connectivity index (χ2v) is 15.9. The van der Waals surface area contributed by atoms with Crippen LogP contribution in [0.1, 0.15) is 25.0 Å². The molecule has 0 fully saturated rings. The predicted octanol–water partition coefficient (Wildman–Crippen LogP) is 14.8. The van der Waals surface area contributed by atoms with Crippen molar-refractivity contribution in [2.75, 3.05) is 0 Å². The van der Waals surface area contributed by atoms with Crippen LogP contribution in [0.2, 0.25) is 0 Å². The molecular weight excluding hydrogens is 645 g/mol. The van der Waals surface area contributed by atoms with Crippen LogP contribution in [-0.2, 0) is 5.41 Å². The fourth-order valence-corrected chi connectivity index (χ4v) is 10.3. The molecule has 0 bridgehead atoms. The van der Waals surface area contributed by atoms with Crippen molar-refractivity contribution in [3.63, 3.8) is 0 Å². The van der Waals surface area contributed by atoms with Gasteiger partial charge in [-0.2, -0.15) is 0 Å². The normalized spacial score (nSPS) is 13.3. The Morgan fingerprint density at radius 1 is 0.365 bits per heavy atom. The zero-order valence-corrected chi connectivity index (χ0v) is 29.9. The Labute approximate surface area is 307 Å². The lowest BCUT2D eigenvalue weighted by molar-refractivity contribution is 0.661. The predicted molar refractivity (Wildman–Crippen MR) is 226 cm³/mol. The average Bonchev–Trinajstić information content (AvgIpc) is 3.68. The van der Waals surface area contributed by atoms with Gasteiger partial charge in [0, 0.05) is 25.6 Å². The SMILES string of the molecule is CC1(C)c2cc(-c3ccc4sc5c6ccccc6ccc5c4c3)ccc2-c2ccc(-c3c4ccccc4c(-c4ccccc4)c4ccccc34)cc21. The van der Waals surface area contributed by atoms with Crippen LogP contribution in [0.25, 0.3) is 97.0 Å². The fourth-order valence-electron chi connectivity index (χ4n) is 9.11. The summed E-state index contributed by atoms with van der Waals surface area (Å²) >= 11 is 1.91. The van der Waals surface area contributed by atoms with Crippen LogP contribution < -0.4 is 0 Å². The van der Waals surface area contributed by atoms with Crippen molar-refractivity contribution in [3.8, 4) is 44.5 Å². The standard InChI is InChI=1S/C51H34S/c1-51(2)45-29-34(33-23-27-47-44(28-33)43-26-20-31-12-6-7-15-36(31)50(43)52-47)21-24-37(45)38-25-22-35(30-46(38)51)49-41-18-10-8-16-39(41)48(32-13-4-3-5-14-32)40-17-9-11-19-42(40)49/h3-30H,1-2H3. The average molecular weight is 679 g/mol. The van der Waals surface area contributed by atoms with E-state index in [4.69, 9.17) is 0 Å². The summed E-state index contributed by atoms with van der Waals surface area (Å²) < 4.78 is 2.72. The Bertz CT molecular complexity index is 3030. The highest BCUT2D eigenvalue weighted by molar-refractivity contribution is 7.26. The summed E-state index contributed by atoms with van der Waals surface area (Å²) in [4.78, 5) is 0. The molecule has 0 nitrogen and oxygen atoms in total. The smallest absolute Gasteiger partial charge is 0.0433 e. The third kappa shape index (κ3) is 4.21. The van der Waals surface area contributed by atoms with Gasteiger partial charge >= 0.3 is 0 Å². The molecule has 0 aliphatic heterocycles. The first-order valence-electron chi connectivity index (χ1n) is 18.2. The largest absolute Gasteiger partial charge is 0.135 e. The highest BCUT2D eigenvalue weighted by atomic mass is 32.1. The van der Waals surface area contributed by atoms with Gasteiger partial charge in [-0.25, -0.2) is 0 Å². The first-order chi connectivity index (χ1) is 25.5. The number of fused-ring (bicyclic) bond motifs is 10. The summed E-state index contributed by atoms with van der Waals surface area (Å²) in [6.45, 7) is 4.81. The van der Waals surface area contributed by atoms with Gasteiger partial charge in [0.2, 0.25) is 0 Å². The lowest BCUT2D eigenvalue weighted by Crippen LogP contribution is -2.15. The molecule has 0 saturated heterocycles. The number of rotatable bonds is 3. The molecule has 0 unspecified atom stereocenters. The first-order valence-corrected chi connectivity index (χ1v) is 19.0. The van der Waals surface area contributed by atoms with Crippen LogP contribution in [0.15, 0.2) is 170 Å². The monoisotopic (exact) mass is 678 g/mol. The van der Waals surface area contributed by atoms with E-state index in [0.29, 0.717) is 0 Å². The molecule has 0 amide bonds. The van der Waals surface area contributed by atoms with E-state index in [1.807, 2.05) is 11.3 Å². The minimum Gasteiger partial charge on any atom is -0.135 e. The fraction of sp³-hybridized carbons (Fsp3) is 0.0588. The van der Waals surface area contributed by atoms with Crippen molar-refractivity contribution in [2.24, 2.45) is 0 Å². The molecule has 1 aromatic heterocycles. The molecule has 0 atom stereocenters. The Morgan fingerprint density at radius 2 is 0.885 bits per heavy atom. The van der Waals surface area contributed by atoms with Crippen LogP contribution in [0.3, 0.4) is 0 Å². The minimum absolute atomic E-state index is 0.148. The molecule has 1 aliphatic carbocycles. The molecule has 10 aromatic rings. The van der Waals surface area contributed by atoms with Gasteiger partial charge in [0.1, 0.15) is 0 Å². The lowest BCUT2D eigenvalue weighted by atomic mass is 9.80. The van der Waals surface area contributed by atoms with Crippen LogP contribution >= 0.6 is 11.3 Å². The van der Waals surface area contributed by atoms with Crippen LogP contribution in [0.4, 0.5) is 0 Å². The maximum absolute atomic E-state index is 2.49. The highest BCUT2D eigenvalue weighted by Gasteiger charge is 2.36. The number of hydrogen-bond acceptors (Lipinski definition) is 1. The van der Waals surface area contributed by atoms with Crippen molar-refractivity contribution in [3.05, 3.63) is 181 Å². The zero-order valence-electron chi connectivity index (χ0n) is 29.1. The molecule has 1 aliphatic rings. The first kappa shape index (κ1) is 29.7. The number of thiophene rings is 1. The van der Waals surface area contributed by atoms with Crippen molar-refractivity contribution < 1.29 is 0 Å². The van der Waals surface area contributed by atoms with Gasteiger partial charge in [-0.1, -0.05) is 159 Å². The van der Waals surface area contributed by atoms with Crippen molar-refractivity contribution in [1.82, 2.24) is 0 Å². The Kier molecular flexibility index (Phi) is 6.27. The van der Waals surface area contributed by atoms with Crippen LogP contribution in [0.5, 0.6) is 0 Å². The quantitative estimate of drug-likeness (QED) is 0.163. The molecular formula is C51H34S. The number of hydrogen-bond donors (Lipinski definition) is 0. The van der Waals surface area contributed by atoms with Gasteiger partial charge < -0.3 is 0 Å². The van der Waals surface area contributed by atoms with Crippen molar-refractivity contribution in [2.45, 2.75) is 19.3 Å². The summed E-state index contributed by atoms with van der Waals surface area (Å²) in [5.74, 6) is 0. The molecule has 52 heavy (non-hydrogen) atoms. The molecule has 0 N–H and O–H groups in total. The zero-order chi connectivity index (χ0) is 34.6. The maximum atomic E-state index is 2.49. The van der Waals surface area contributed by atoms with E-state index in [1.165, 1.54) is 108 Å².